The van der Waals surface area contributed by atoms with Crippen LogP contribution in [0, 0.1) is 6.92 Å². The largest absolute Gasteiger partial charge is 0.311 e. The lowest BCUT2D eigenvalue weighted by Crippen LogP contribution is -2.32. The number of hydrogen-bond donors (Lipinski definition) is 1. The standard InChI is InChI=1S/C14H25N3/c1-4-9-17(5-2)10-8-15-11-14-7-6-13(3)16-12-14/h6-7,12,15H,4-5,8-11H2,1-3H3. The van der Waals surface area contributed by atoms with Crippen LogP contribution in [0.4, 0.5) is 0 Å². The fraction of sp³-hybridized carbons (Fsp3) is 0.643. The first kappa shape index (κ1) is 14.1. The van der Waals surface area contributed by atoms with E-state index in [-0.39, 0.29) is 0 Å². The Morgan fingerprint density at radius 3 is 2.65 bits per heavy atom. The molecule has 0 unspecified atom stereocenters. The Hall–Kier alpha value is -0.930. The molecule has 0 bridgehead atoms. The summed E-state index contributed by atoms with van der Waals surface area (Å²) in [5, 5.41) is 3.46. The number of rotatable bonds is 8. The van der Waals surface area contributed by atoms with Crippen molar-refractivity contribution in [1.82, 2.24) is 15.2 Å². The Bertz CT molecular complexity index is 295. The Balaban J connectivity index is 2.17. The molecule has 3 heteroatoms. The van der Waals surface area contributed by atoms with E-state index in [2.05, 4.69) is 41.2 Å². The van der Waals surface area contributed by atoms with Crippen molar-refractivity contribution in [3.8, 4) is 0 Å². The lowest BCUT2D eigenvalue weighted by atomic mass is 10.2. The van der Waals surface area contributed by atoms with E-state index in [1.54, 1.807) is 0 Å². The van der Waals surface area contributed by atoms with Gasteiger partial charge in [0.05, 0.1) is 0 Å². The molecule has 0 atom stereocenters. The molecule has 0 radical (unpaired) electrons. The van der Waals surface area contributed by atoms with Crippen molar-refractivity contribution in [3.05, 3.63) is 29.6 Å². The molecule has 0 aliphatic heterocycles. The normalized spacial score (nSPS) is 11.1. The van der Waals surface area contributed by atoms with Gasteiger partial charge in [0.1, 0.15) is 0 Å². The van der Waals surface area contributed by atoms with Crippen molar-refractivity contribution < 1.29 is 0 Å². The molecule has 17 heavy (non-hydrogen) atoms. The second-order valence-corrected chi connectivity index (χ2v) is 4.42. The molecule has 0 aromatic carbocycles. The van der Waals surface area contributed by atoms with E-state index in [1.165, 1.54) is 18.5 Å². The summed E-state index contributed by atoms with van der Waals surface area (Å²) >= 11 is 0. The summed E-state index contributed by atoms with van der Waals surface area (Å²) in [6.07, 6.45) is 3.18. The van der Waals surface area contributed by atoms with Crippen LogP contribution >= 0.6 is 0 Å². The molecular formula is C14H25N3. The van der Waals surface area contributed by atoms with Gasteiger partial charge in [-0.1, -0.05) is 19.9 Å². The van der Waals surface area contributed by atoms with Crippen LogP contribution in [-0.2, 0) is 6.54 Å². The van der Waals surface area contributed by atoms with Crippen molar-refractivity contribution in [2.45, 2.75) is 33.7 Å². The molecular weight excluding hydrogens is 210 g/mol. The number of nitrogens with zero attached hydrogens (tertiary/aromatic N) is 2. The predicted octanol–water partition coefficient (Wildman–Crippen LogP) is 2.21. The maximum Gasteiger partial charge on any atom is 0.0372 e. The first-order chi connectivity index (χ1) is 8.26. The van der Waals surface area contributed by atoms with E-state index >= 15 is 0 Å². The lowest BCUT2D eigenvalue weighted by Gasteiger charge is -2.19. The maximum absolute atomic E-state index is 4.29. The fourth-order valence-corrected chi connectivity index (χ4v) is 1.82. The minimum absolute atomic E-state index is 0.914. The van der Waals surface area contributed by atoms with Crippen molar-refractivity contribution in [1.29, 1.82) is 0 Å². The second-order valence-electron chi connectivity index (χ2n) is 4.42. The molecule has 3 nitrogen and oxygen atoms in total. The molecule has 0 saturated carbocycles. The molecule has 0 aliphatic rings. The van der Waals surface area contributed by atoms with Gasteiger partial charge in [-0.05, 0) is 38.1 Å². The lowest BCUT2D eigenvalue weighted by molar-refractivity contribution is 0.287. The van der Waals surface area contributed by atoms with Gasteiger partial charge in [-0.3, -0.25) is 4.98 Å². The minimum Gasteiger partial charge on any atom is -0.311 e. The van der Waals surface area contributed by atoms with E-state index in [1.807, 2.05) is 13.1 Å². The molecule has 0 saturated heterocycles. The third kappa shape index (κ3) is 5.80. The van der Waals surface area contributed by atoms with Gasteiger partial charge < -0.3 is 10.2 Å². The van der Waals surface area contributed by atoms with Crippen LogP contribution in [0.1, 0.15) is 31.5 Å². The van der Waals surface area contributed by atoms with Crippen LogP contribution < -0.4 is 5.32 Å². The molecule has 1 aromatic rings. The Morgan fingerprint density at radius 2 is 2.06 bits per heavy atom. The van der Waals surface area contributed by atoms with E-state index in [0.29, 0.717) is 0 Å². The predicted molar refractivity (Wildman–Crippen MR) is 73.1 cm³/mol. The van der Waals surface area contributed by atoms with Crippen LogP contribution in [0.15, 0.2) is 18.3 Å². The minimum atomic E-state index is 0.914. The van der Waals surface area contributed by atoms with E-state index in [0.717, 1.165) is 31.9 Å². The zero-order chi connectivity index (χ0) is 12.5. The van der Waals surface area contributed by atoms with Gasteiger partial charge in [0, 0.05) is 31.5 Å². The van der Waals surface area contributed by atoms with Crippen LogP contribution in [-0.4, -0.2) is 36.1 Å². The number of likely N-dealkylation sites (N-methyl/N-ethyl adjacent to an activating group) is 1. The van der Waals surface area contributed by atoms with Gasteiger partial charge in [-0.25, -0.2) is 0 Å². The van der Waals surface area contributed by atoms with Gasteiger partial charge >= 0.3 is 0 Å². The number of pyridine rings is 1. The number of nitrogens with one attached hydrogen (secondary N) is 1. The van der Waals surface area contributed by atoms with E-state index in [9.17, 15) is 0 Å². The third-order valence-corrected chi connectivity index (χ3v) is 2.89. The average Bonchev–Trinajstić information content (AvgIpc) is 2.35. The third-order valence-electron chi connectivity index (χ3n) is 2.89. The highest BCUT2D eigenvalue weighted by Crippen LogP contribution is 1.98. The Morgan fingerprint density at radius 1 is 1.24 bits per heavy atom. The monoisotopic (exact) mass is 235 g/mol. The van der Waals surface area contributed by atoms with Crippen LogP contribution in [0.3, 0.4) is 0 Å². The number of aromatic nitrogens is 1. The smallest absolute Gasteiger partial charge is 0.0372 e. The molecule has 0 spiro atoms. The van der Waals surface area contributed by atoms with Crippen molar-refractivity contribution >= 4 is 0 Å². The van der Waals surface area contributed by atoms with Crippen LogP contribution in [0.2, 0.25) is 0 Å². The Kier molecular flexibility index (Phi) is 6.82. The van der Waals surface area contributed by atoms with Crippen LogP contribution in [0.25, 0.3) is 0 Å². The molecule has 1 N–H and O–H groups in total. The Labute approximate surface area is 105 Å². The first-order valence-corrected chi connectivity index (χ1v) is 6.60. The summed E-state index contributed by atoms with van der Waals surface area (Å²) in [6.45, 7) is 11.9. The molecule has 0 amide bonds. The summed E-state index contributed by atoms with van der Waals surface area (Å²) in [5.74, 6) is 0. The van der Waals surface area contributed by atoms with Gasteiger partial charge in [0.2, 0.25) is 0 Å². The summed E-state index contributed by atoms with van der Waals surface area (Å²) in [7, 11) is 0. The number of aryl methyl sites for hydroxylation is 1. The van der Waals surface area contributed by atoms with Gasteiger partial charge in [-0.2, -0.15) is 0 Å². The first-order valence-electron chi connectivity index (χ1n) is 6.60. The van der Waals surface area contributed by atoms with Crippen molar-refractivity contribution in [2.75, 3.05) is 26.2 Å². The summed E-state index contributed by atoms with van der Waals surface area (Å²) < 4.78 is 0. The van der Waals surface area contributed by atoms with Crippen molar-refractivity contribution in [3.63, 3.8) is 0 Å². The fourth-order valence-electron chi connectivity index (χ4n) is 1.82. The number of hydrogen-bond acceptors (Lipinski definition) is 3. The molecule has 0 aliphatic carbocycles. The molecule has 1 aromatic heterocycles. The second kappa shape index (κ2) is 8.20. The zero-order valence-electron chi connectivity index (χ0n) is 11.4. The average molecular weight is 235 g/mol. The van der Waals surface area contributed by atoms with Crippen LogP contribution in [0.5, 0.6) is 0 Å². The highest BCUT2D eigenvalue weighted by Gasteiger charge is 1.99. The van der Waals surface area contributed by atoms with E-state index in [4.69, 9.17) is 0 Å². The zero-order valence-corrected chi connectivity index (χ0v) is 11.4. The quantitative estimate of drug-likeness (QED) is 0.700. The van der Waals surface area contributed by atoms with Crippen molar-refractivity contribution in [2.24, 2.45) is 0 Å². The highest BCUT2D eigenvalue weighted by molar-refractivity contribution is 5.12. The van der Waals surface area contributed by atoms with Gasteiger partial charge in [0.25, 0.3) is 0 Å². The van der Waals surface area contributed by atoms with E-state index < -0.39 is 0 Å². The molecule has 1 heterocycles. The molecule has 1 rings (SSSR count). The summed E-state index contributed by atoms with van der Waals surface area (Å²) in [4.78, 5) is 6.76. The molecule has 96 valence electrons. The van der Waals surface area contributed by atoms with Gasteiger partial charge in [0.15, 0.2) is 0 Å². The topological polar surface area (TPSA) is 28.2 Å². The summed E-state index contributed by atoms with van der Waals surface area (Å²) in [6, 6.07) is 4.20. The SMILES string of the molecule is CCCN(CC)CCNCc1ccc(C)nc1. The maximum atomic E-state index is 4.29. The van der Waals surface area contributed by atoms with Gasteiger partial charge in [-0.15, -0.1) is 0 Å². The highest BCUT2D eigenvalue weighted by atomic mass is 15.1. The summed E-state index contributed by atoms with van der Waals surface area (Å²) in [5.41, 5.74) is 2.34. The molecule has 0 fully saturated rings.